The molecule has 1 unspecified atom stereocenters. The van der Waals surface area contributed by atoms with Crippen LogP contribution in [0.4, 0.5) is 11.4 Å². The van der Waals surface area contributed by atoms with Gasteiger partial charge in [-0.2, -0.15) is 0 Å². The molecule has 2 heterocycles. The van der Waals surface area contributed by atoms with Crippen LogP contribution in [-0.4, -0.2) is 57.8 Å². The number of hydrogen-bond acceptors (Lipinski definition) is 5. The number of rotatable bonds is 4. The molecule has 1 amide bonds. The van der Waals surface area contributed by atoms with Crippen molar-refractivity contribution in [2.45, 2.75) is 30.3 Å². The first kappa shape index (κ1) is 21.6. The summed E-state index contributed by atoms with van der Waals surface area (Å²) in [5, 5.41) is 1.22. The Bertz CT molecular complexity index is 952. The Morgan fingerprint density at radius 3 is 2.27 bits per heavy atom. The molecule has 0 spiro atoms. The molecule has 6 nitrogen and oxygen atoms in total. The predicted octanol–water partition coefficient (Wildman–Crippen LogP) is 3.55. The topological polar surface area (TPSA) is 66.9 Å². The van der Waals surface area contributed by atoms with E-state index in [4.69, 9.17) is 23.2 Å². The van der Waals surface area contributed by atoms with E-state index in [1.54, 1.807) is 23.1 Å². The minimum atomic E-state index is -2.27. The molecule has 3 atom stereocenters. The molecule has 4 rings (SSSR count). The van der Waals surface area contributed by atoms with Crippen molar-refractivity contribution in [3.8, 4) is 0 Å². The SMILES string of the molecule is C[C@H]1CN([C@@H]2CCN(c3ccc(S(=O)[O-])cc3)C2=O)CCN1c1cc(Cl)cc(Cl)c1. The Morgan fingerprint density at radius 1 is 1.00 bits per heavy atom. The maximum Gasteiger partial charge on any atom is 0.244 e. The Kier molecular flexibility index (Phi) is 6.36. The average Bonchev–Trinajstić information content (AvgIpc) is 3.08. The van der Waals surface area contributed by atoms with E-state index < -0.39 is 11.1 Å². The number of carbonyl (C=O) groups excluding carboxylic acids is 1. The van der Waals surface area contributed by atoms with Crippen LogP contribution in [0.3, 0.4) is 0 Å². The van der Waals surface area contributed by atoms with Crippen molar-refractivity contribution < 1.29 is 13.6 Å². The lowest BCUT2D eigenvalue weighted by Crippen LogP contribution is -2.56. The van der Waals surface area contributed by atoms with Crippen molar-refractivity contribution in [1.82, 2.24) is 4.90 Å². The predicted molar refractivity (Wildman–Crippen MR) is 119 cm³/mol. The van der Waals surface area contributed by atoms with E-state index in [1.807, 2.05) is 12.1 Å². The monoisotopic (exact) mass is 466 g/mol. The number of anilines is 2. The van der Waals surface area contributed by atoms with Gasteiger partial charge in [-0.3, -0.25) is 13.9 Å². The van der Waals surface area contributed by atoms with E-state index in [-0.39, 0.29) is 22.9 Å². The van der Waals surface area contributed by atoms with Crippen LogP contribution in [0.15, 0.2) is 47.4 Å². The molecule has 2 aromatic carbocycles. The summed E-state index contributed by atoms with van der Waals surface area (Å²) in [5.41, 5.74) is 1.73. The summed E-state index contributed by atoms with van der Waals surface area (Å²) < 4.78 is 22.1. The van der Waals surface area contributed by atoms with Gasteiger partial charge in [0.2, 0.25) is 5.91 Å². The first-order valence-electron chi connectivity index (χ1n) is 9.81. The standard InChI is InChI=1S/C21H23Cl2N3O3S/c1-14-13-24(8-9-25(14)18-11-15(22)10-16(23)12-18)20-6-7-26(21(20)27)17-2-4-19(5-3-17)30(28)29/h2-5,10-12,14,20H,6-9,13H2,1H3,(H,28,29)/p-1/t14-,20+/m0/s1. The zero-order valence-corrected chi connectivity index (χ0v) is 18.8. The molecular weight excluding hydrogens is 445 g/mol. The van der Waals surface area contributed by atoms with Crippen LogP contribution in [0.25, 0.3) is 0 Å². The molecular formula is C21H22Cl2N3O3S-. The van der Waals surface area contributed by atoms with Gasteiger partial charge >= 0.3 is 0 Å². The Balaban J connectivity index is 1.43. The Labute approximate surface area is 188 Å². The van der Waals surface area contributed by atoms with Crippen LogP contribution in [0.5, 0.6) is 0 Å². The zero-order valence-electron chi connectivity index (χ0n) is 16.5. The molecule has 0 saturated carbocycles. The van der Waals surface area contributed by atoms with Gasteiger partial charge in [-0.15, -0.1) is 0 Å². The van der Waals surface area contributed by atoms with Crippen LogP contribution < -0.4 is 9.80 Å². The minimum Gasteiger partial charge on any atom is -0.768 e. The summed E-state index contributed by atoms with van der Waals surface area (Å²) in [5.74, 6) is 0.0671. The molecule has 2 fully saturated rings. The Hall–Kier alpha value is -1.64. The number of piperazine rings is 1. The number of amides is 1. The van der Waals surface area contributed by atoms with Crippen LogP contribution in [-0.2, 0) is 15.9 Å². The summed E-state index contributed by atoms with van der Waals surface area (Å²) >= 11 is 10.1. The second-order valence-electron chi connectivity index (χ2n) is 7.69. The molecule has 2 saturated heterocycles. The summed E-state index contributed by atoms with van der Waals surface area (Å²) in [7, 11) is 0. The summed E-state index contributed by atoms with van der Waals surface area (Å²) in [4.78, 5) is 19.6. The molecule has 0 N–H and O–H groups in total. The average molecular weight is 467 g/mol. The zero-order chi connectivity index (χ0) is 21.4. The van der Waals surface area contributed by atoms with Crippen LogP contribution >= 0.6 is 23.2 Å². The van der Waals surface area contributed by atoms with Gasteiger partial charge in [0.25, 0.3) is 0 Å². The fourth-order valence-corrected chi connectivity index (χ4v) is 5.23. The molecule has 160 valence electrons. The molecule has 2 aliphatic rings. The maximum atomic E-state index is 13.1. The molecule has 0 bridgehead atoms. The first-order chi connectivity index (χ1) is 14.3. The van der Waals surface area contributed by atoms with Crippen molar-refractivity contribution >= 4 is 51.6 Å². The van der Waals surface area contributed by atoms with Crippen molar-refractivity contribution in [1.29, 1.82) is 0 Å². The van der Waals surface area contributed by atoms with Crippen molar-refractivity contribution in [3.63, 3.8) is 0 Å². The van der Waals surface area contributed by atoms with Crippen LogP contribution in [0, 0.1) is 0 Å². The van der Waals surface area contributed by atoms with E-state index in [0.29, 0.717) is 16.6 Å². The number of benzene rings is 2. The van der Waals surface area contributed by atoms with Crippen molar-refractivity contribution in [2.75, 3.05) is 36.0 Å². The number of carbonyl (C=O) groups is 1. The quantitative estimate of drug-likeness (QED) is 0.644. The van der Waals surface area contributed by atoms with Crippen molar-refractivity contribution in [3.05, 3.63) is 52.5 Å². The lowest BCUT2D eigenvalue weighted by Gasteiger charge is -2.43. The molecule has 30 heavy (non-hydrogen) atoms. The third-order valence-electron chi connectivity index (χ3n) is 5.80. The van der Waals surface area contributed by atoms with Gasteiger partial charge in [0.15, 0.2) is 0 Å². The van der Waals surface area contributed by atoms with Gasteiger partial charge in [0.05, 0.1) is 6.04 Å². The van der Waals surface area contributed by atoms with E-state index >= 15 is 0 Å². The molecule has 0 radical (unpaired) electrons. The largest absolute Gasteiger partial charge is 0.768 e. The number of hydrogen-bond donors (Lipinski definition) is 0. The van der Waals surface area contributed by atoms with Gasteiger partial charge in [0, 0.05) is 58.5 Å². The van der Waals surface area contributed by atoms with Crippen molar-refractivity contribution in [2.24, 2.45) is 0 Å². The fraction of sp³-hybridized carbons (Fsp3) is 0.381. The normalized spacial score (nSPS) is 23.8. The Morgan fingerprint density at radius 2 is 1.67 bits per heavy atom. The van der Waals surface area contributed by atoms with Crippen LogP contribution in [0.1, 0.15) is 13.3 Å². The smallest absolute Gasteiger partial charge is 0.244 e. The highest BCUT2D eigenvalue weighted by atomic mass is 35.5. The minimum absolute atomic E-state index is 0.0671. The maximum absolute atomic E-state index is 13.1. The summed E-state index contributed by atoms with van der Waals surface area (Å²) in [6, 6.07) is 12.0. The summed E-state index contributed by atoms with van der Waals surface area (Å²) in [6.07, 6.45) is 0.754. The molecule has 2 aliphatic heterocycles. The third-order valence-corrected chi connectivity index (χ3v) is 6.89. The third kappa shape index (κ3) is 4.36. The lowest BCUT2D eigenvalue weighted by atomic mass is 10.1. The second kappa shape index (κ2) is 8.85. The second-order valence-corrected chi connectivity index (χ2v) is 9.50. The van der Waals surface area contributed by atoms with E-state index in [0.717, 1.165) is 37.4 Å². The molecule has 9 heteroatoms. The van der Waals surface area contributed by atoms with Gasteiger partial charge in [-0.1, -0.05) is 23.2 Å². The molecule has 0 aliphatic carbocycles. The van der Waals surface area contributed by atoms with Crippen LogP contribution in [0.2, 0.25) is 10.0 Å². The van der Waals surface area contributed by atoms with E-state index in [2.05, 4.69) is 16.7 Å². The van der Waals surface area contributed by atoms with E-state index in [9.17, 15) is 13.6 Å². The highest BCUT2D eigenvalue weighted by molar-refractivity contribution is 7.79. The fourth-order valence-electron chi connectivity index (χ4n) is 4.35. The molecule has 2 aromatic rings. The highest BCUT2D eigenvalue weighted by Gasteiger charge is 2.39. The lowest BCUT2D eigenvalue weighted by molar-refractivity contribution is -0.121. The number of nitrogens with zero attached hydrogens (tertiary/aromatic N) is 3. The van der Waals surface area contributed by atoms with Gasteiger partial charge < -0.3 is 14.4 Å². The first-order valence-corrected chi connectivity index (χ1v) is 11.6. The number of halogens is 2. The van der Waals surface area contributed by atoms with E-state index in [1.165, 1.54) is 12.1 Å². The van der Waals surface area contributed by atoms with Gasteiger partial charge in [-0.25, -0.2) is 0 Å². The highest BCUT2D eigenvalue weighted by Crippen LogP contribution is 2.30. The van der Waals surface area contributed by atoms with Gasteiger partial charge in [0.1, 0.15) is 0 Å². The molecule has 0 aromatic heterocycles. The van der Waals surface area contributed by atoms with Gasteiger partial charge in [-0.05, 0) is 66.9 Å². The summed E-state index contributed by atoms with van der Waals surface area (Å²) in [6.45, 7) is 5.09.